The van der Waals surface area contributed by atoms with E-state index in [4.69, 9.17) is 4.74 Å². The second kappa shape index (κ2) is 9.20. The fourth-order valence-electron chi connectivity index (χ4n) is 5.84. The zero-order chi connectivity index (χ0) is 27.4. The van der Waals surface area contributed by atoms with Gasteiger partial charge in [0.15, 0.2) is 0 Å². The molecular weight excluding hydrogens is 490 g/mol. The number of benzene rings is 5. The topological polar surface area (TPSA) is 20.6 Å². The second-order valence-electron chi connectivity index (χ2n) is 11.7. The van der Waals surface area contributed by atoms with Crippen LogP contribution in [0.25, 0.3) is 27.5 Å². The molecule has 0 spiro atoms. The van der Waals surface area contributed by atoms with E-state index in [-0.39, 0.29) is 5.41 Å². The molecule has 0 bridgehead atoms. The molecule has 0 fully saturated rings. The van der Waals surface area contributed by atoms with Gasteiger partial charge in [0, 0.05) is 35.3 Å². The van der Waals surface area contributed by atoms with Crippen molar-refractivity contribution in [2.75, 3.05) is 23.5 Å². The van der Waals surface area contributed by atoms with Crippen molar-refractivity contribution in [3.05, 3.63) is 121 Å². The Labute approximate surface area is 235 Å². The zero-order valence-electron chi connectivity index (χ0n) is 23.4. The third kappa shape index (κ3) is 4.08. The van der Waals surface area contributed by atoms with Gasteiger partial charge in [-0.2, -0.15) is 0 Å². The van der Waals surface area contributed by atoms with E-state index in [1.54, 1.807) is 0 Å². The molecule has 5 aromatic carbocycles. The third-order valence-corrected chi connectivity index (χ3v) is 7.90. The summed E-state index contributed by atoms with van der Waals surface area (Å²) < 4.78 is 8.98. The first-order valence-corrected chi connectivity index (χ1v) is 13.9. The zero-order valence-corrected chi connectivity index (χ0v) is 23.4. The number of hydrogen-bond donors (Lipinski definition) is 0. The first kappa shape index (κ1) is 24.3. The van der Waals surface area contributed by atoms with Crippen LogP contribution >= 0.6 is 0 Å². The molecule has 0 atom stereocenters. The van der Waals surface area contributed by atoms with Gasteiger partial charge in [-0.05, 0) is 71.6 Å². The van der Waals surface area contributed by atoms with Crippen LogP contribution in [0.4, 0.5) is 17.1 Å². The molecule has 0 unspecified atom stereocenters. The molecule has 4 heteroatoms. The molecule has 0 aliphatic carbocycles. The molecule has 6 aromatic rings. The molecule has 4 nitrogen and oxygen atoms in total. The summed E-state index contributed by atoms with van der Waals surface area (Å²) in [5, 5.41) is 2.40. The normalized spacial score (nSPS) is 13.3. The maximum Gasteiger partial charge on any atom is 0.129 e. The van der Waals surface area contributed by atoms with Gasteiger partial charge in [0.2, 0.25) is 0 Å². The number of para-hydroxylation sites is 4. The van der Waals surface area contributed by atoms with E-state index in [0.717, 1.165) is 29.5 Å². The lowest BCUT2D eigenvalue weighted by Gasteiger charge is -2.25. The molecule has 0 saturated carbocycles. The van der Waals surface area contributed by atoms with Gasteiger partial charge >= 0.3 is 0 Å². The smallest absolute Gasteiger partial charge is 0.129 e. The Morgan fingerprint density at radius 1 is 0.600 bits per heavy atom. The summed E-state index contributed by atoms with van der Waals surface area (Å²) in [6, 6.07) is 40.8. The fraction of sp³-hybridized carbons (Fsp3) is 0.167. The van der Waals surface area contributed by atoms with E-state index in [1.165, 1.54) is 38.7 Å². The van der Waals surface area contributed by atoms with E-state index in [2.05, 4.69) is 157 Å². The van der Waals surface area contributed by atoms with Crippen molar-refractivity contribution < 1.29 is 4.74 Å². The lowest BCUT2D eigenvalue weighted by atomic mass is 9.86. The number of fused-ring (bicyclic) bond motifs is 4. The highest BCUT2D eigenvalue weighted by Gasteiger charge is 2.26. The lowest BCUT2D eigenvalue weighted by molar-refractivity contribution is 0.479. The average Bonchev–Trinajstić information content (AvgIpc) is 3.48. The van der Waals surface area contributed by atoms with Gasteiger partial charge < -0.3 is 19.1 Å². The van der Waals surface area contributed by atoms with E-state index in [9.17, 15) is 0 Å². The van der Waals surface area contributed by atoms with Crippen molar-refractivity contribution >= 4 is 38.9 Å². The number of aromatic nitrogens is 1. The Morgan fingerprint density at radius 3 is 2.10 bits per heavy atom. The maximum absolute atomic E-state index is 6.65. The maximum atomic E-state index is 6.65. The SMILES string of the molecule is CN1CN(c2cc(Oc3ccc4c(c3)c3ccccc3n4-c3ccccc3)cc(C(C)(C)C)c2)c2ccccc21. The Balaban J connectivity index is 1.33. The lowest BCUT2D eigenvalue weighted by Crippen LogP contribution is -2.24. The monoisotopic (exact) mass is 523 g/mol. The summed E-state index contributed by atoms with van der Waals surface area (Å²) in [7, 11) is 2.14. The van der Waals surface area contributed by atoms with Crippen LogP contribution in [-0.2, 0) is 5.41 Å². The van der Waals surface area contributed by atoms with Crippen LogP contribution in [0.1, 0.15) is 26.3 Å². The molecule has 7 rings (SSSR count). The highest BCUT2D eigenvalue weighted by molar-refractivity contribution is 6.09. The highest BCUT2D eigenvalue weighted by Crippen LogP contribution is 2.43. The van der Waals surface area contributed by atoms with Crippen molar-refractivity contribution in [2.24, 2.45) is 0 Å². The van der Waals surface area contributed by atoms with Gasteiger partial charge in [0.1, 0.15) is 11.5 Å². The fourth-order valence-corrected chi connectivity index (χ4v) is 5.84. The standard InChI is InChI=1S/C36H33N3O/c1-36(2,3)25-20-27(38-24-37(4)34-16-10-11-17-35(34)38)22-29(21-25)40-28-18-19-33-31(23-28)30-14-8-9-15-32(30)39(33)26-12-6-5-7-13-26/h5-23H,24H2,1-4H3. The van der Waals surface area contributed by atoms with Gasteiger partial charge in [0.05, 0.1) is 29.1 Å². The molecule has 1 aliphatic heterocycles. The van der Waals surface area contributed by atoms with E-state index >= 15 is 0 Å². The predicted octanol–water partition coefficient (Wildman–Crippen LogP) is 9.42. The summed E-state index contributed by atoms with van der Waals surface area (Å²) in [5.74, 6) is 1.68. The molecule has 0 N–H and O–H groups in total. The van der Waals surface area contributed by atoms with E-state index in [0.29, 0.717) is 0 Å². The molecule has 2 heterocycles. The van der Waals surface area contributed by atoms with Crippen LogP contribution < -0.4 is 14.5 Å². The molecule has 0 amide bonds. The molecule has 0 saturated heterocycles. The summed E-state index contributed by atoms with van der Waals surface area (Å²) in [5.41, 5.74) is 8.33. The van der Waals surface area contributed by atoms with Crippen molar-refractivity contribution in [3.63, 3.8) is 0 Å². The predicted molar refractivity (Wildman–Crippen MR) is 168 cm³/mol. The largest absolute Gasteiger partial charge is 0.457 e. The first-order valence-electron chi connectivity index (χ1n) is 13.9. The number of rotatable bonds is 4. The number of ether oxygens (including phenoxy) is 1. The van der Waals surface area contributed by atoms with E-state index < -0.39 is 0 Å². The summed E-state index contributed by atoms with van der Waals surface area (Å²) >= 11 is 0. The van der Waals surface area contributed by atoms with Crippen LogP contribution in [0, 0.1) is 0 Å². The van der Waals surface area contributed by atoms with Crippen LogP contribution in [-0.4, -0.2) is 18.3 Å². The van der Waals surface area contributed by atoms with Crippen LogP contribution in [0.2, 0.25) is 0 Å². The summed E-state index contributed by atoms with van der Waals surface area (Å²) in [6.45, 7) is 7.57. The van der Waals surface area contributed by atoms with E-state index in [1.807, 2.05) is 0 Å². The molecule has 198 valence electrons. The number of nitrogens with zero attached hydrogens (tertiary/aromatic N) is 3. The summed E-state index contributed by atoms with van der Waals surface area (Å²) in [4.78, 5) is 4.66. The molecule has 40 heavy (non-hydrogen) atoms. The van der Waals surface area contributed by atoms with Crippen molar-refractivity contribution in [1.82, 2.24) is 4.57 Å². The van der Waals surface area contributed by atoms with Crippen LogP contribution in [0.5, 0.6) is 11.5 Å². The van der Waals surface area contributed by atoms with Crippen molar-refractivity contribution in [1.29, 1.82) is 0 Å². The summed E-state index contributed by atoms with van der Waals surface area (Å²) in [6.07, 6.45) is 0. The first-order chi connectivity index (χ1) is 19.4. The van der Waals surface area contributed by atoms with Crippen LogP contribution in [0.15, 0.2) is 115 Å². The van der Waals surface area contributed by atoms with Crippen molar-refractivity contribution in [3.8, 4) is 17.2 Å². The van der Waals surface area contributed by atoms with Gasteiger partial charge in [-0.15, -0.1) is 0 Å². The Kier molecular flexibility index (Phi) is 5.60. The average molecular weight is 524 g/mol. The van der Waals surface area contributed by atoms with Gasteiger partial charge in [-0.1, -0.05) is 69.3 Å². The molecule has 1 aromatic heterocycles. The Hall–Kier alpha value is -4.70. The Morgan fingerprint density at radius 2 is 1.30 bits per heavy atom. The second-order valence-corrected chi connectivity index (χ2v) is 11.7. The van der Waals surface area contributed by atoms with Crippen LogP contribution in [0.3, 0.4) is 0 Å². The number of anilines is 3. The number of hydrogen-bond acceptors (Lipinski definition) is 3. The molecule has 0 radical (unpaired) electrons. The third-order valence-electron chi connectivity index (χ3n) is 7.90. The molecule has 1 aliphatic rings. The minimum Gasteiger partial charge on any atom is -0.457 e. The minimum absolute atomic E-state index is 0.0215. The highest BCUT2D eigenvalue weighted by atomic mass is 16.5. The van der Waals surface area contributed by atoms with Gasteiger partial charge in [-0.25, -0.2) is 0 Å². The van der Waals surface area contributed by atoms with Gasteiger partial charge in [-0.3, -0.25) is 0 Å². The quantitative estimate of drug-likeness (QED) is 0.230. The molecular formula is C36H33N3O. The minimum atomic E-state index is -0.0215. The van der Waals surface area contributed by atoms with Gasteiger partial charge in [0.25, 0.3) is 0 Å². The van der Waals surface area contributed by atoms with Crippen molar-refractivity contribution in [2.45, 2.75) is 26.2 Å². The Bertz CT molecular complexity index is 1860.